The Hall–Kier alpha value is -2.18. The van der Waals surface area contributed by atoms with Crippen LogP contribution in [0.15, 0.2) is 59.5 Å². The second-order valence-electron chi connectivity index (χ2n) is 8.26. The molecule has 5 nitrogen and oxygen atoms in total. The van der Waals surface area contributed by atoms with Crippen LogP contribution < -0.4 is 5.32 Å². The number of piperidine rings is 1. The second kappa shape index (κ2) is 8.05. The van der Waals surface area contributed by atoms with Crippen LogP contribution in [-0.2, 0) is 20.2 Å². The number of carbonyl (C=O) groups is 1. The normalized spacial score (nSPS) is 18.6. The Morgan fingerprint density at radius 3 is 2.25 bits per heavy atom. The van der Waals surface area contributed by atoms with Gasteiger partial charge in [-0.25, -0.2) is 8.42 Å². The molecule has 6 heteroatoms. The number of anilines is 1. The molecule has 1 atom stereocenters. The summed E-state index contributed by atoms with van der Waals surface area (Å²) in [6, 6.07) is 15.4. The summed E-state index contributed by atoms with van der Waals surface area (Å²) in [4.78, 5) is 13.1. The number of benzene rings is 2. The summed E-state index contributed by atoms with van der Waals surface area (Å²) >= 11 is 0. The van der Waals surface area contributed by atoms with Gasteiger partial charge in [-0.05, 0) is 48.1 Å². The maximum absolute atomic E-state index is 13.1. The van der Waals surface area contributed by atoms with E-state index < -0.39 is 16.1 Å². The standard InChI is InChI=1S/C22H28N2O3S/c1-22(2,3)17-12-14-18(15-13-17)23-21(25)20-11-7-8-16-24(20)28(26,27)19-9-5-4-6-10-19/h4-6,9-10,12-15,20H,7-8,11,16H2,1-3H3,(H,23,25). The third-order valence-corrected chi connectivity index (χ3v) is 7.05. The highest BCUT2D eigenvalue weighted by Crippen LogP contribution is 2.27. The van der Waals surface area contributed by atoms with E-state index in [9.17, 15) is 13.2 Å². The Bertz CT molecular complexity index is 917. The van der Waals surface area contributed by atoms with Crippen LogP contribution in [0.1, 0.15) is 45.6 Å². The summed E-state index contributed by atoms with van der Waals surface area (Å²) in [6.07, 6.45) is 2.12. The lowest BCUT2D eigenvalue weighted by Crippen LogP contribution is -2.49. The Morgan fingerprint density at radius 1 is 1.00 bits per heavy atom. The van der Waals surface area contributed by atoms with Crippen molar-refractivity contribution in [3.05, 3.63) is 60.2 Å². The molecule has 2 aromatic rings. The predicted molar refractivity (Wildman–Crippen MR) is 112 cm³/mol. The van der Waals surface area contributed by atoms with E-state index in [1.165, 1.54) is 9.87 Å². The van der Waals surface area contributed by atoms with Gasteiger partial charge < -0.3 is 5.32 Å². The van der Waals surface area contributed by atoms with Crippen LogP contribution in [0.5, 0.6) is 0 Å². The summed E-state index contributed by atoms with van der Waals surface area (Å²) < 4.78 is 27.5. The minimum Gasteiger partial charge on any atom is -0.325 e. The van der Waals surface area contributed by atoms with Crippen LogP contribution in [0.25, 0.3) is 0 Å². The number of hydrogen-bond donors (Lipinski definition) is 1. The first kappa shape index (κ1) is 20.6. The highest BCUT2D eigenvalue weighted by Gasteiger charge is 2.37. The fraction of sp³-hybridized carbons (Fsp3) is 0.409. The molecule has 1 aliphatic rings. The van der Waals surface area contributed by atoms with Crippen LogP contribution in [0.4, 0.5) is 5.69 Å². The van der Waals surface area contributed by atoms with Gasteiger partial charge in [-0.3, -0.25) is 4.79 Å². The monoisotopic (exact) mass is 400 g/mol. The van der Waals surface area contributed by atoms with E-state index in [0.717, 1.165) is 12.8 Å². The average molecular weight is 401 g/mol. The van der Waals surface area contributed by atoms with E-state index in [2.05, 4.69) is 26.1 Å². The van der Waals surface area contributed by atoms with Gasteiger partial charge in [-0.2, -0.15) is 4.31 Å². The Kier molecular flexibility index (Phi) is 5.91. The van der Waals surface area contributed by atoms with Crippen LogP contribution in [0.3, 0.4) is 0 Å². The van der Waals surface area contributed by atoms with Crippen molar-refractivity contribution in [1.29, 1.82) is 0 Å². The van der Waals surface area contributed by atoms with Gasteiger partial charge in [-0.15, -0.1) is 0 Å². The Balaban J connectivity index is 1.79. The maximum atomic E-state index is 13.1. The number of hydrogen-bond acceptors (Lipinski definition) is 3. The first-order valence-corrected chi connectivity index (χ1v) is 11.1. The molecule has 1 saturated heterocycles. The molecule has 0 spiro atoms. The van der Waals surface area contributed by atoms with Crippen LogP contribution in [-0.4, -0.2) is 31.2 Å². The van der Waals surface area contributed by atoms with Gasteiger partial charge in [-0.1, -0.05) is 57.5 Å². The molecule has 0 saturated carbocycles. The predicted octanol–water partition coefficient (Wildman–Crippen LogP) is 4.17. The van der Waals surface area contributed by atoms with Gasteiger partial charge in [0, 0.05) is 12.2 Å². The van der Waals surface area contributed by atoms with Crippen molar-refractivity contribution >= 4 is 21.6 Å². The van der Waals surface area contributed by atoms with Crippen LogP contribution in [0.2, 0.25) is 0 Å². The summed E-state index contributed by atoms with van der Waals surface area (Å²) in [6.45, 7) is 6.76. The third kappa shape index (κ3) is 4.45. The molecule has 0 aliphatic carbocycles. The van der Waals surface area contributed by atoms with E-state index in [1.54, 1.807) is 30.3 Å². The van der Waals surface area contributed by atoms with E-state index in [-0.39, 0.29) is 16.2 Å². The summed E-state index contributed by atoms with van der Waals surface area (Å²) in [5.74, 6) is -0.275. The quantitative estimate of drug-likeness (QED) is 0.838. The van der Waals surface area contributed by atoms with Gasteiger partial charge in [0.05, 0.1) is 4.90 Å². The largest absolute Gasteiger partial charge is 0.325 e. The maximum Gasteiger partial charge on any atom is 0.243 e. The molecular weight excluding hydrogens is 372 g/mol. The number of nitrogens with one attached hydrogen (secondary N) is 1. The molecule has 0 radical (unpaired) electrons. The highest BCUT2D eigenvalue weighted by molar-refractivity contribution is 7.89. The van der Waals surface area contributed by atoms with Crippen molar-refractivity contribution in [3.8, 4) is 0 Å². The Morgan fingerprint density at radius 2 is 1.64 bits per heavy atom. The van der Waals surface area contributed by atoms with Crippen molar-refractivity contribution in [3.63, 3.8) is 0 Å². The molecule has 3 rings (SSSR count). The van der Waals surface area contributed by atoms with Crippen molar-refractivity contribution in [2.75, 3.05) is 11.9 Å². The average Bonchev–Trinajstić information content (AvgIpc) is 2.68. The van der Waals surface area contributed by atoms with Gasteiger partial charge in [0.25, 0.3) is 0 Å². The molecular formula is C22H28N2O3S. The van der Waals surface area contributed by atoms with E-state index in [1.807, 2.05) is 24.3 Å². The van der Waals surface area contributed by atoms with Crippen molar-refractivity contribution in [2.45, 2.75) is 56.4 Å². The van der Waals surface area contributed by atoms with E-state index in [0.29, 0.717) is 18.7 Å². The summed E-state index contributed by atoms with van der Waals surface area (Å²) in [5.41, 5.74) is 1.89. The topological polar surface area (TPSA) is 66.5 Å². The fourth-order valence-electron chi connectivity index (χ4n) is 3.46. The van der Waals surface area contributed by atoms with Crippen molar-refractivity contribution < 1.29 is 13.2 Å². The zero-order chi connectivity index (χ0) is 20.4. The lowest BCUT2D eigenvalue weighted by Gasteiger charge is -2.33. The minimum atomic E-state index is -3.70. The van der Waals surface area contributed by atoms with Crippen molar-refractivity contribution in [1.82, 2.24) is 4.31 Å². The van der Waals surface area contributed by atoms with Crippen LogP contribution >= 0.6 is 0 Å². The molecule has 0 bridgehead atoms. The second-order valence-corrected chi connectivity index (χ2v) is 10.1. The Labute approximate surface area is 167 Å². The summed E-state index contributed by atoms with van der Waals surface area (Å²) in [7, 11) is -3.70. The third-order valence-electron chi connectivity index (χ3n) is 5.12. The first-order valence-electron chi connectivity index (χ1n) is 9.68. The zero-order valence-electron chi connectivity index (χ0n) is 16.7. The summed E-state index contributed by atoms with van der Waals surface area (Å²) in [5, 5.41) is 2.90. The SMILES string of the molecule is CC(C)(C)c1ccc(NC(=O)C2CCCCN2S(=O)(=O)c2ccccc2)cc1. The highest BCUT2D eigenvalue weighted by atomic mass is 32.2. The minimum absolute atomic E-state index is 0.0342. The fourth-order valence-corrected chi connectivity index (χ4v) is 5.14. The molecule has 1 unspecified atom stereocenters. The number of amides is 1. The van der Waals surface area contributed by atoms with Crippen LogP contribution in [0, 0.1) is 0 Å². The smallest absolute Gasteiger partial charge is 0.243 e. The van der Waals surface area contributed by atoms with Gasteiger partial charge in [0.1, 0.15) is 6.04 Å². The van der Waals surface area contributed by atoms with Crippen molar-refractivity contribution in [2.24, 2.45) is 0 Å². The lowest BCUT2D eigenvalue weighted by atomic mass is 9.87. The molecule has 1 aliphatic heterocycles. The van der Waals surface area contributed by atoms with Gasteiger partial charge >= 0.3 is 0 Å². The number of rotatable bonds is 4. The molecule has 0 aromatic heterocycles. The molecule has 1 amide bonds. The van der Waals surface area contributed by atoms with Gasteiger partial charge in [0.15, 0.2) is 0 Å². The molecule has 28 heavy (non-hydrogen) atoms. The molecule has 150 valence electrons. The molecule has 2 aromatic carbocycles. The number of sulfonamides is 1. The lowest BCUT2D eigenvalue weighted by molar-refractivity contribution is -0.120. The number of carbonyl (C=O) groups excluding carboxylic acids is 1. The van der Waals surface area contributed by atoms with E-state index in [4.69, 9.17) is 0 Å². The number of nitrogens with zero attached hydrogens (tertiary/aromatic N) is 1. The van der Waals surface area contributed by atoms with Gasteiger partial charge in [0.2, 0.25) is 15.9 Å². The zero-order valence-corrected chi connectivity index (χ0v) is 17.5. The first-order chi connectivity index (χ1) is 13.2. The van der Waals surface area contributed by atoms with E-state index >= 15 is 0 Å². The molecule has 1 N–H and O–H groups in total. The molecule has 1 heterocycles. The molecule has 1 fully saturated rings.